The molecule has 1 unspecified atom stereocenters. The Bertz CT molecular complexity index is 867. The Kier molecular flexibility index (Phi) is 6.23. The zero-order valence-electron chi connectivity index (χ0n) is 17.8. The number of amides is 1. The predicted molar refractivity (Wildman–Crippen MR) is 114 cm³/mol. The van der Waals surface area contributed by atoms with Crippen LogP contribution in [0.25, 0.3) is 0 Å². The monoisotopic (exact) mass is 410 g/mol. The van der Waals surface area contributed by atoms with Crippen LogP contribution in [0.3, 0.4) is 0 Å². The highest BCUT2D eigenvalue weighted by Crippen LogP contribution is 2.37. The molecular weight excluding hydrogens is 380 g/mol. The smallest absolute Gasteiger partial charge is 0.255 e. The molecule has 1 saturated carbocycles. The SMILES string of the molecule is COc1ccc(C2(C)CN(C(=O)c3cccnc3)CCO2)cc1OC1CCCCC1. The van der Waals surface area contributed by atoms with Crippen LogP contribution in [0.1, 0.15) is 54.9 Å². The van der Waals surface area contributed by atoms with Gasteiger partial charge in [-0.05, 0) is 62.4 Å². The zero-order valence-corrected chi connectivity index (χ0v) is 17.8. The van der Waals surface area contributed by atoms with E-state index in [0.717, 1.165) is 29.9 Å². The van der Waals surface area contributed by atoms with Crippen molar-refractivity contribution in [3.05, 3.63) is 53.9 Å². The summed E-state index contributed by atoms with van der Waals surface area (Å²) < 4.78 is 18.1. The van der Waals surface area contributed by atoms with Crippen molar-refractivity contribution in [1.82, 2.24) is 9.88 Å². The van der Waals surface area contributed by atoms with E-state index in [1.54, 1.807) is 31.6 Å². The molecule has 30 heavy (non-hydrogen) atoms. The molecule has 1 aliphatic heterocycles. The van der Waals surface area contributed by atoms with Crippen LogP contribution in [0.4, 0.5) is 0 Å². The molecule has 160 valence electrons. The summed E-state index contributed by atoms with van der Waals surface area (Å²) >= 11 is 0. The Morgan fingerprint density at radius 2 is 2.03 bits per heavy atom. The maximum Gasteiger partial charge on any atom is 0.255 e. The molecule has 1 atom stereocenters. The number of hydrogen-bond acceptors (Lipinski definition) is 5. The van der Waals surface area contributed by atoms with Crippen molar-refractivity contribution < 1.29 is 19.0 Å². The largest absolute Gasteiger partial charge is 0.493 e. The Morgan fingerprint density at radius 3 is 2.77 bits per heavy atom. The van der Waals surface area contributed by atoms with E-state index in [0.29, 0.717) is 25.3 Å². The molecule has 1 aromatic carbocycles. The van der Waals surface area contributed by atoms with Gasteiger partial charge in [-0.3, -0.25) is 9.78 Å². The molecule has 6 nitrogen and oxygen atoms in total. The predicted octanol–water partition coefficient (Wildman–Crippen LogP) is 4.19. The molecule has 0 spiro atoms. The minimum Gasteiger partial charge on any atom is -0.493 e. The number of nitrogens with zero attached hydrogens (tertiary/aromatic N) is 2. The van der Waals surface area contributed by atoms with Crippen molar-refractivity contribution >= 4 is 5.91 Å². The number of aromatic nitrogens is 1. The van der Waals surface area contributed by atoms with Gasteiger partial charge in [0.1, 0.15) is 5.60 Å². The minimum atomic E-state index is -0.618. The van der Waals surface area contributed by atoms with Crippen molar-refractivity contribution in [1.29, 1.82) is 0 Å². The molecule has 1 amide bonds. The lowest BCUT2D eigenvalue weighted by Gasteiger charge is -2.41. The third-order valence-electron chi connectivity index (χ3n) is 6.09. The Labute approximate surface area is 178 Å². The molecule has 2 fully saturated rings. The van der Waals surface area contributed by atoms with E-state index in [-0.39, 0.29) is 12.0 Å². The minimum absolute atomic E-state index is 0.0233. The number of benzene rings is 1. The van der Waals surface area contributed by atoms with Gasteiger partial charge in [-0.25, -0.2) is 0 Å². The summed E-state index contributed by atoms with van der Waals surface area (Å²) in [6, 6.07) is 9.54. The summed E-state index contributed by atoms with van der Waals surface area (Å²) in [4.78, 5) is 18.8. The van der Waals surface area contributed by atoms with Gasteiger partial charge in [0.15, 0.2) is 11.5 Å². The van der Waals surface area contributed by atoms with Gasteiger partial charge in [0, 0.05) is 18.9 Å². The average Bonchev–Trinajstić information content (AvgIpc) is 2.80. The van der Waals surface area contributed by atoms with Crippen molar-refractivity contribution in [3.63, 3.8) is 0 Å². The fourth-order valence-electron chi connectivity index (χ4n) is 4.35. The summed E-state index contributed by atoms with van der Waals surface area (Å²) in [5.41, 5.74) is 0.961. The number of carbonyl (C=O) groups excluding carboxylic acids is 1. The summed E-state index contributed by atoms with van der Waals surface area (Å²) in [7, 11) is 1.66. The summed E-state index contributed by atoms with van der Waals surface area (Å²) in [6.07, 6.45) is 9.36. The summed E-state index contributed by atoms with van der Waals surface area (Å²) in [5, 5.41) is 0. The molecule has 0 radical (unpaired) electrons. The first-order valence-corrected chi connectivity index (χ1v) is 10.8. The lowest BCUT2D eigenvalue weighted by atomic mass is 9.93. The van der Waals surface area contributed by atoms with Crippen LogP contribution in [0.2, 0.25) is 0 Å². The molecule has 0 N–H and O–H groups in total. The van der Waals surface area contributed by atoms with E-state index >= 15 is 0 Å². The first-order chi connectivity index (χ1) is 14.6. The van der Waals surface area contributed by atoms with Gasteiger partial charge in [0.05, 0.1) is 31.9 Å². The van der Waals surface area contributed by atoms with Crippen molar-refractivity contribution in [3.8, 4) is 11.5 Å². The van der Waals surface area contributed by atoms with Crippen molar-refractivity contribution in [2.45, 2.75) is 50.7 Å². The van der Waals surface area contributed by atoms with Crippen LogP contribution in [0, 0.1) is 0 Å². The van der Waals surface area contributed by atoms with E-state index in [2.05, 4.69) is 4.98 Å². The van der Waals surface area contributed by atoms with E-state index in [1.807, 2.05) is 30.0 Å². The molecule has 2 heterocycles. The maximum absolute atomic E-state index is 12.9. The molecule has 6 heteroatoms. The van der Waals surface area contributed by atoms with Gasteiger partial charge < -0.3 is 19.1 Å². The molecule has 2 aliphatic rings. The quantitative estimate of drug-likeness (QED) is 0.740. The second-order valence-electron chi connectivity index (χ2n) is 8.29. The third-order valence-corrected chi connectivity index (χ3v) is 6.09. The molecule has 2 aromatic rings. The molecule has 0 bridgehead atoms. The first-order valence-electron chi connectivity index (χ1n) is 10.8. The van der Waals surface area contributed by atoms with Crippen LogP contribution in [0.5, 0.6) is 11.5 Å². The van der Waals surface area contributed by atoms with Crippen LogP contribution in [0.15, 0.2) is 42.7 Å². The molecule has 1 saturated heterocycles. The highest BCUT2D eigenvalue weighted by Gasteiger charge is 2.37. The number of morpholine rings is 1. The summed E-state index contributed by atoms with van der Waals surface area (Å²) in [6.45, 7) is 3.54. The number of ether oxygens (including phenoxy) is 3. The lowest BCUT2D eigenvalue weighted by Crippen LogP contribution is -2.50. The Balaban J connectivity index is 1.55. The van der Waals surface area contributed by atoms with Gasteiger partial charge in [-0.2, -0.15) is 0 Å². The fourth-order valence-corrected chi connectivity index (χ4v) is 4.35. The highest BCUT2D eigenvalue weighted by molar-refractivity contribution is 5.94. The van der Waals surface area contributed by atoms with E-state index in [9.17, 15) is 4.79 Å². The summed E-state index contributed by atoms with van der Waals surface area (Å²) in [5.74, 6) is 1.46. The Hall–Kier alpha value is -2.60. The first kappa shape index (κ1) is 20.7. The van der Waals surface area contributed by atoms with Gasteiger partial charge in [-0.15, -0.1) is 0 Å². The average molecular weight is 411 g/mol. The van der Waals surface area contributed by atoms with Crippen molar-refractivity contribution in [2.75, 3.05) is 26.8 Å². The third kappa shape index (κ3) is 4.43. The van der Waals surface area contributed by atoms with E-state index in [4.69, 9.17) is 14.2 Å². The van der Waals surface area contributed by atoms with Gasteiger partial charge in [0.25, 0.3) is 5.91 Å². The second-order valence-corrected chi connectivity index (χ2v) is 8.29. The van der Waals surface area contributed by atoms with Crippen molar-refractivity contribution in [2.24, 2.45) is 0 Å². The van der Waals surface area contributed by atoms with Gasteiger partial charge in [0.2, 0.25) is 0 Å². The number of hydrogen-bond donors (Lipinski definition) is 0. The maximum atomic E-state index is 12.9. The molecule has 1 aromatic heterocycles. The molecule has 1 aliphatic carbocycles. The zero-order chi connectivity index (χ0) is 21.0. The standard InChI is InChI=1S/C24H30N2O4/c1-24(17-26(13-14-29-24)23(27)18-7-6-12-25-16-18)19-10-11-21(28-2)22(15-19)30-20-8-4-3-5-9-20/h6-7,10-12,15-16,20H,3-5,8-9,13-14,17H2,1-2H3. The highest BCUT2D eigenvalue weighted by atomic mass is 16.5. The number of rotatable bonds is 5. The number of carbonyl (C=O) groups is 1. The number of pyridine rings is 1. The van der Waals surface area contributed by atoms with Crippen LogP contribution < -0.4 is 9.47 Å². The van der Waals surface area contributed by atoms with Gasteiger partial charge in [-0.1, -0.05) is 12.5 Å². The topological polar surface area (TPSA) is 60.9 Å². The second kappa shape index (κ2) is 9.04. The van der Waals surface area contributed by atoms with Gasteiger partial charge >= 0.3 is 0 Å². The Morgan fingerprint density at radius 1 is 1.20 bits per heavy atom. The number of methoxy groups -OCH3 is 1. The normalized spacial score (nSPS) is 22.5. The van der Waals surface area contributed by atoms with E-state index in [1.165, 1.54) is 19.3 Å². The fraction of sp³-hybridized carbons (Fsp3) is 0.500. The van der Waals surface area contributed by atoms with E-state index < -0.39 is 5.60 Å². The van der Waals surface area contributed by atoms with Crippen LogP contribution in [-0.2, 0) is 10.3 Å². The molecular formula is C24H30N2O4. The lowest BCUT2D eigenvalue weighted by molar-refractivity contribution is -0.0932. The van der Waals surface area contributed by atoms with Crippen LogP contribution in [-0.4, -0.2) is 48.7 Å². The molecule has 4 rings (SSSR count). The van der Waals surface area contributed by atoms with Crippen LogP contribution >= 0.6 is 0 Å².